The molecule has 2 aliphatic rings. The van der Waals surface area contributed by atoms with Crippen LogP contribution in [0.15, 0.2) is 53.9 Å². The number of amides is 2. The molecule has 5 nitrogen and oxygen atoms in total. The number of benzene rings is 2. The fraction of sp³-hybridized carbons (Fsp3) is 0.360. The Morgan fingerprint density at radius 1 is 1.00 bits per heavy atom. The number of carbonyl (C=O) groups is 2. The number of anilines is 2. The van der Waals surface area contributed by atoms with Crippen LogP contribution in [0.5, 0.6) is 0 Å². The third-order valence-corrected chi connectivity index (χ3v) is 7.46. The second kappa shape index (κ2) is 8.94. The molecule has 1 saturated heterocycles. The number of hydrogen-bond donors (Lipinski definition) is 1. The predicted molar refractivity (Wildman–Crippen MR) is 127 cm³/mol. The van der Waals surface area contributed by atoms with Crippen molar-refractivity contribution in [2.75, 3.05) is 22.9 Å². The van der Waals surface area contributed by atoms with Gasteiger partial charge in [-0.05, 0) is 66.1 Å². The van der Waals surface area contributed by atoms with E-state index in [0.717, 1.165) is 47.9 Å². The van der Waals surface area contributed by atoms with Gasteiger partial charge in [0.1, 0.15) is 6.04 Å². The third-order valence-electron chi connectivity index (χ3n) is 6.58. The Morgan fingerprint density at radius 3 is 2.41 bits per heavy atom. The molecule has 1 atom stereocenters. The first-order valence-electron chi connectivity index (χ1n) is 11.3. The van der Waals surface area contributed by atoms with Crippen molar-refractivity contribution < 1.29 is 22.8 Å². The second-order valence-corrected chi connectivity index (χ2v) is 9.79. The highest BCUT2D eigenvalue weighted by molar-refractivity contribution is 7.17. The number of fused-ring (bicyclic) bond motifs is 1. The van der Waals surface area contributed by atoms with E-state index >= 15 is 0 Å². The summed E-state index contributed by atoms with van der Waals surface area (Å²) < 4.78 is 40.0. The number of carbonyl (C=O) groups excluding carboxylic acids is 2. The van der Waals surface area contributed by atoms with Gasteiger partial charge in [-0.25, -0.2) is 0 Å². The minimum absolute atomic E-state index is 0.0267. The maximum absolute atomic E-state index is 13.4. The Morgan fingerprint density at radius 2 is 1.71 bits per heavy atom. The van der Waals surface area contributed by atoms with Crippen LogP contribution in [0.4, 0.5) is 24.5 Å². The van der Waals surface area contributed by atoms with E-state index < -0.39 is 17.8 Å². The Balaban J connectivity index is 1.45. The molecule has 2 amide bonds. The van der Waals surface area contributed by atoms with Gasteiger partial charge in [-0.2, -0.15) is 13.2 Å². The Kier molecular flexibility index (Phi) is 5.97. The van der Waals surface area contributed by atoms with Crippen molar-refractivity contribution in [2.24, 2.45) is 0 Å². The zero-order valence-electron chi connectivity index (χ0n) is 18.3. The summed E-state index contributed by atoms with van der Waals surface area (Å²) in [5.74, 6) is -0.503. The molecule has 0 radical (unpaired) electrons. The Hall–Kier alpha value is -3.07. The molecule has 0 spiro atoms. The molecule has 0 bridgehead atoms. The van der Waals surface area contributed by atoms with E-state index in [2.05, 4.69) is 5.32 Å². The zero-order valence-corrected chi connectivity index (χ0v) is 19.2. The van der Waals surface area contributed by atoms with E-state index in [1.165, 1.54) is 12.1 Å². The van der Waals surface area contributed by atoms with E-state index in [4.69, 9.17) is 0 Å². The largest absolute Gasteiger partial charge is 0.416 e. The molecule has 178 valence electrons. The number of nitrogens with one attached hydrogen (secondary N) is 1. The van der Waals surface area contributed by atoms with Crippen molar-refractivity contribution in [3.8, 4) is 0 Å². The molecule has 2 heterocycles. The average Bonchev–Trinajstić information content (AvgIpc) is 3.49. The number of hydrogen-bond acceptors (Lipinski definition) is 4. The molecule has 2 aromatic carbocycles. The molecule has 1 N–H and O–H groups in total. The minimum Gasteiger partial charge on any atom is -0.360 e. The summed E-state index contributed by atoms with van der Waals surface area (Å²) in [4.78, 5) is 30.0. The number of rotatable bonds is 4. The molecule has 1 aliphatic heterocycles. The molecular formula is C25H24F3N3O2S. The standard InChI is InChI=1S/C25H24F3N3O2S/c26-25(27,28)17-6-9-19(10-7-17)30-14-21(24(33)29-18-3-1-2-4-18)31(23(32)15-30)20-8-5-16-11-12-34-22(16)13-20/h5-13,18,21H,1-4,14-15H2,(H,29,33)/t21-/m1/s1. The average molecular weight is 488 g/mol. The molecule has 34 heavy (non-hydrogen) atoms. The van der Waals surface area contributed by atoms with Crippen LogP contribution < -0.4 is 15.1 Å². The molecule has 2 fully saturated rings. The fourth-order valence-electron chi connectivity index (χ4n) is 4.81. The maximum Gasteiger partial charge on any atom is 0.416 e. The normalized spacial score (nSPS) is 19.7. The fourth-order valence-corrected chi connectivity index (χ4v) is 5.63. The second-order valence-electron chi connectivity index (χ2n) is 8.84. The molecule has 1 aromatic heterocycles. The topological polar surface area (TPSA) is 52.7 Å². The quantitative estimate of drug-likeness (QED) is 0.550. The Bertz CT molecular complexity index is 1200. The number of halogens is 3. The third kappa shape index (κ3) is 4.49. The van der Waals surface area contributed by atoms with Crippen LogP contribution in [0.25, 0.3) is 10.1 Å². The molecular weight excluding hydrogens is 463 g/mol. The highest BCUT2D eigenvalue weighted by Crippen LogP contribution is 2.33. The van der Waals surface area contributed by atoms with Gasteiger partial charge in [-0.1, -0.05) is 18.9 Å². The van der Waals surface area contributed by atoms with Crippen molar-refractivity contribution in [3.63, 3.8) is 0 Å². The lowest BCUT2D eigenvalue weighted by atomic mass is 10.1. The van der Waals surface area contributed by atoms with Gasteiger partial charge < -0.3 is 10.2 Å². The summed E-state index contributed by atoms with van der Waals surface area (Å²) in [6.45, 7) is 0.166. The van der Waals surface area contributed by atoms with Crippen LogP contribution in [0.1, 0.15) is 31.2 Å². The molecule has 3 aromatic rings. The number of nitrogens with zero attached hydrogens (tertiary/aromatic N) is 2. The van der Waals surface area contributed by atoms with Crippen molar-refractivity contribution >= 4 is 44.6 Å². The summed E-state index contributed by atoms with van der Waals surface area (Å²) in [6.07, 6.45) is -0.487. The first-order valence-corrected chi connectivity index (χ1v) is 12.2. The van der Waals surface area contributed by atoms with Gasteiger partial charge in [0.15, 0.2) is 0 Å². The lowest BCUT2D eigenvalue weighted by Crippen LogP contribution is -2.62. The summed E-state index contributed by atoms with van der Waals surface area (Å²) in [6, 6.07) is 11.7. The van der Waals surface area contributed by atoms with E-state index in [1.54, 1.807) is 21.1 Å². The van der Waals surface area contributed by atoms with Gasteiger partial charge in [-0.3, -0.25) is 14.5 Å². The van der Waals surface area contributed by atoms with Crippen LogP contribution in [-0.2, 0) is 15.8 Å². The zero-order chi connectivity index (χ0) is 23.9. The molecule has 0 unspecified atom stereocenters. The predicted octanol–water partition coefficient (Wildman–Crippen LogP) is 5.20. The first-order chi connectivity index (χ1) is 16.3. The lowest BCUT2D eigenvalue weighted by Gasteiger charge is -2.41. The van der Waals surface area contributed by atoms with Gasteiger partial charge >= 0.3 is 6.18 Å². The van der Waals surface area contributed by atoms with Crippen LogP contribution in [0.2, 0.25) is 0 Å². The number of alkyl halides is 3. The van der Waals surface area contributed by atoms with Crippen molar-refractivity contribution in [1.82, 2.24) is 5.32 Å². The van der Waals surface area contributed by atoms with Gasteiger partial charge in [0, 0.05) is 28.7 Å². The summed E-state index contributed by atoms with van der Waals surface area (Å²) in [5, 5.41) is 6.14. The number of thiophene rings is 1. The number of piperazine rings is 1. The first kappa shape index (κ1) is 22.7. The summed E-state index contributed by atoms with van der Waals surface area (Å²) in [7, 11) is 0. The van der Waals surface area contributed by atoms with E-state index in [9.17, 15) is 22.8 Å². The van der Waals surface area contributed by atoms with E-state index in [1.807, 2.05) is 29.6 Å². The molecule has 1 saturated carbocycles. The SMILES string of the molecule is O=C(NC1CCCC1)[C@H]1CN(c2ccc(C(F)(F)F)cc2)CC(=O)N1c1ccc2ccsc2c1. The van der Waals surface area contributed by atoms with E-state index in [-0.39, 0.29) is 30.9 Å². The van der Waals surface area contributed by atoms with Crippen molar-refractivity contribution in [3.05, 3.63) is 59.5 Å². The van der Waals surface area contributed by atoms with Gasteiger partial charge in [0.2, 0.25) is 11.8 Å². The van der Waals surface area contributed by atoms with Gasteiger partial charge in [0.25, 0.3) is 0 Å². The van der Waals surface area contributed by atoms with Crippen molar-refractivity contribution in [2.45, 2.75) is 43.9 Å². The molecule has 9 heteroatoms. The van der Waals surface area contributed by atoms with Crippen LogP contribution in [0, 0.1) is 0 Å². The summed E-state index contributed by atoms with van der Waals surface area (Å²) in [5.41, 5.74) is 0.382. The van der Waals surface area contributed by atoms with Gasteiger partial charge in [0.05, 0.1) is 12.1 Å². The lowest BCUT2D eigenvalue weighted by molar-refractivity contribution is -0.137. The van der Waals surface area contributed by atoms with Crippen LogP contribution in [0.3, 0.4) is 0 Å². The van der Waals surface area contributed by atoms with Crippen LogP contribution in [-0.4, -0.2) is 37.0 Å². The van der Waals surface area contributed by atoms with E-state index in [0.29, 0.717) is 11.4 Å². The highest BCUT2D eigenvalue weighted by Gasteiger charge is 2.39. The highest BCUT2D eigenvalue weighted by atomic mass is 32.1. The molecule has 1 aliphatic carbocycles. The smallest absolute Gasteiger partial charge is 0.360 e. The van der Waals surface area contributed by atoms with Crippen LogP contribution >= 0.6 is 11.3 Å². The van der Waals surface area contributed by atoms with Gasteiger partial charge in [-0.15, -0.1) is 11.3 Å². The van der Waals surface area contributed by atoms with Crippen molar-refractivity contribution in [1.29, 1.82) is 0 Å². The Labute approximate surface area is 199 Å². The summed E-state index contributed by atoms with van der Waals surface area (Å²) >= 11 is 1.56. The monoisotopic (exact) mass is 487 g/mol. The molecule has 5 rings (SSSR count). The minimum atomic E-state index is -4.43. The maximum atomic E-state index is 13.4.